The zero-order valence-corrected chi connectivity index (χ0v) is 17.1. The first-order valence-corrected chi connectivity index (χ1v) is 12.2. The highest BCUT2D eigenvalue weighted by Gasteiger charge is 2.38. The van der Waals surface area contributed by atoms with Gasteiger partial charge in [-0.3, -0.25) is 4.90 Å². The summed E-state index contributed by atoms with van der Waals surface area (Å²) in [5, 5.41) is 11.2. The largest absolute Gasteiger partial charge is 0.414 e. The summed E-state index contributed by atoms with van der Waals surface area (Å²) in [6.45, 7) is 13.8. The van der Waals surface area contributed by atoms with Gasteiger partial charge in [0.15, 0.2) is 8.32 Å². The van der Waals surface area contributed by atoms with E-state index in [0.29, 0.717) is 6.61 Å². The molecule has 0 saturated carbocycles. The zero-order valence-electron chi connectivity index (χ0n) is 16.1. The fourth-order valence-corrected chi connectivity index (χ4v) is 4.14. The minimum Gasteiger partial charge on any atom is -0.414 e. The average molecular weight is 350 g/mol. The van der Waals surface area contributed by atoms with Gasteiger partial charge >= 0.3 is 0 Å². The van der Waals surface area contributed by atoms with E-state index < -0.39 is 14.4 Å². The number of hydrogen-bond donors (Lipinski definition) is 1. The molecule has 0 aromatic heterocycles. The van der Waals surface area contributed by atoms with Crippen LogP contribution in [0.4, 0.5) is 0 Å². The molecule has 2 rings (SSSR count). The lowest BCUT2D eigenvalue weighted by Crippen LogP contribution is -2.46. The van der Waals surface area contributed by atoms with Crippen molar-refractivity contribution in [1.29, 1.82) is 0 Å². The van der Waals surface area contributed by atoms with Crippen LogP contribution in [0.1, 0.15) is 51.6 Å². The predicted molar refractivity (Wildman–Crippen MR) is 104 cm³/mol. The molecule has 1 saturated heterocycles. The number of aliphatic hydroxyl groups is 1. The molecule has 1 N–H and O–H groups in total. The quantitative estimate of drug-likeness (QED) is 0.762. The van der Waals surface area contributed by atoms with E-state index >= 15 is 0 Å². The monoisotopic (exact) mass is 349 g/mol. The highest BCUT2D eigenvalue weighted by Crippen LogP contribution is 2.37. The summed E-state index contributed by atoms with van der Waals surface area (Å²) >= 11 is 0. The van der Waals surface area contributed by atoms with Crippen molar-refractivity contribution in [2.24, 2.45) is 0 Å². The molecule has 0 bridgehead atoms. The van der Waals surface area contributed by atoms with Crippen LogP contribution in [0.3, 0.4) is 0 Å². The Balaban J connectivity index is 2.11. The van der Waals surface area contributed by atoms with Gasteiger partial charge in [0.2, 0.25) is 0 Å². The number of piperidine rings is 1. The zero-order chi connectivity index (χ0) is 17.8. The third-order valence-electron chi connectivity index (χ3n) is 5.71. The van der Waals surface area contributed by atoms with E-state index in [9.17, 15) is 5.11 Å². The first-order chi connectivity index (χ1) is 11.2. The van der Waals surface area contributed by atoms with Gasteiger partial charge < -0.3 is 9.53 Å². The number of rotatable bonds is 6. The van der Waals surface area contributed by atoms with E-state index in [1.165, 1.54) is 24.8 Å². The molecule has 24 heavy (non-hydrogen) atoms. The van der Waals surface area contributed by atoms with Crippen LogP contribution in [0.15, 0.2) is 30.3 Å². The molecule has 0 radical (unpaired) electrons. The Hall–Kier alpha value is -0.683. The molecule has 1 aromatic rings. The van der Waals surface area contributed by atoms with Crippen molar-refractivity contribution in [2.75, 3.05) is 19.7 Å². The van der Waals surface area contributed by atoms with Crippen LogP contribution in [-0.4, -0.2) is 44.1 Å². The van der Waals surface area contributed by atoms with Crippen molar-refractivity contribution in [3.8, 4) is 0 Å². The molecule has 0 amide bonds. The molecule has 1 heterocycles. The maximum absolute atomic E-state index is 11.0. The number of nitrogens with zero attached hydrogens (tertiary/aromatic N) is 1. The fraction of sp³-hybridized carbons (Fsp3) is 0.700. The lowest BCUT2D eigenvalue weighted by molar-refractivity contribution is 0.00573. The summed E-state index contributed by atoms with van der Waals surface area (Å²) in [7, 11) is -1.84. The van der Waals surface area contributed by atoms with Gasteiger partial charge in [0, 0.05) is 0 Å². The summed E-state index contributed by atoms with van der Waals surface area (Å²) in [5.74, 6) is 0. The Morgan fingerprint density at radius 3 is 2.21 bits per heavy atom. The molecule has 0 spiro atoms. The van der Waals surface area contributed by atoms with Gasteiger partial charge in [-0.25, -0.2) is 0 Å². The molecule has 1 aromatic carbocycles. The molecule has 0 aliphatic carbocycles. The standard InChI is InChI=1S/C20H35NO2Si/c1-20(2,3)24(4,5)23-16-18(22)19(17-12-8-6-9-13-17)21-14-10-7-11-15-21/h6,8-9,12-13,18-19,22H,7,10-11,14-16H2,1-5H3/t18-,19-/m1/s1. The van der Waals surface area contributed by atoms with E-state index in [-0.39, 0.29) is 11.1 Å². The molecule has 0 unspecified atom stereocenters. The second-order valence-corrected chi connectivity index (χ2v) is 13.4. The van der Waals surface area contributed by atoms with Crippen LogP contribution in [-0.2, 0) is 4.43 Å². The molecular formula is C20H35NO2Si. The first kappa shape index (κ1) is 19.6. The maximum atomic E-state index is 11.0. The van der Waals surface area contributed by atoms with Gasteiger partial charge in [-0.15, -0.1) is 0 Å². The molecule has 4 heteroatoms. The molecule has 1 fully saturated rings. The van der Waals surface area contributed by atoms with Crippen LogP contribution < -0.4 is 0 Å². The Labute approximate surface area is 149 Å². The normalized spacial score (nSPS) is 19.9. The van der Waals surface area contributed by atoms with Gasteiger partial charge in [0.05, 0.1) is 18.8 Å². The van der Waals surface area contributed by atoms with Crippen LogP contribution in [0.5, 0.6) is 0 Å². The summed E-state index contributed by atoms with van der Waals surface area (Å²) in [5.41, 5.74) is 1.20. The third-order valence-corrected chi connectivity index (χ3v) is 10.2. The Bertz CT molecular complexity index is 492. The Morgan fingerprint density at radius 1 is 1.08 bits per heavy atom. The van der Waals surface area contributed by atoms with Gasteiger partial charge in [-0.1, -0.05) is 57.5 Å². The van der Waals surface area contributed by atoms with Crippen LogP contribution in [0.25, 0.3) is 0 Å². The van der Waals surface area contributed by atoms with Crippen molar-refractivity contribution in [3.63, 3.8) is 0 Å². The molecule has 3 nitrogen and oxygen atoms in total. The summed E-state index contributed by atoms with van der Waals surface area (Å²) in [6.07, 6.45) is 3.26. The average Bonchev–Trinajstić information content (AvgIpc) is 2.54. The van der Waals surface area contributed by atoms with Crippen LogP contribution >= 0.6 is 0 Å². The summed E-state index contributed by atoms with van der Waals surface area (Å²) in [4.78, 5) is 2.44. The van der Waals surface area contributed by atoms with E-state index in [1.54, 1.807) is 0 Å². The van der Waals surface area contributed by atoms with E-state index in [4.69, 9.17) is 4.43 Å². The van der Waals surface area contributed by atoms with Crippen molar-refractivity contribution in [2.45, 2.75) is 70.3 Å². The predicted octanol–water partition coefficient (Wildman–Crippen LogP) is 4.60. The molecule has 136 valence electrons. The summed E-state index contributed by atoms with van der Waals surface area (Å²) < 4.78 is 6.31. The third kappa shape index (κ3) is 4.91. The highest BCUT2D eigenvalue weighted by molar-refractivity contribution is 6.74. The van der Waals surface area contributed by atoms with Gasteiger partial charge in [-0.2, -0.15) is 0 Å². The van der Waals surface area contributed by atoms with Crippen molar-refractivity contribution >= 4 is 8.32 Å². The van der Waals surface area contributed by atoms with Crippen molar-refractivity contribution < 1.29 is 9.53 Å². The molecular weight excluding hydrogens is 314 g/mol. The first-order valence-electron chi connectivity index (χ1n) is 9.33. The fourth-order valence-electron chi connectivity index (χ4n) is 3.12. The van der Waals surface area contributed by atoms with E-state index in [1.807, 2.05) is 6.07 Å². The lowest BCUT2D eigenvalue weighted by atomic mass is 9.97. The second kappa shape index (κ2) is 8.13. The number of hydrogen-bond acceptors (Lipinski definition) is 3. The highest BCUT2D eigenvalue weighted by atomic mass is 28.4. The molecule has 2 atom stereocenters. The Kier molecular flexibility index (Phi) is 6.65. The lowest BCUT2D eigenvalue weighted by Gasteiger charge is -2.40. The van der Waals surface area contributed by atoms with Gasteiger partial charge in [0.1, 0.15) is 0 Å². The van der Waals surface area contributed by atoms with Crippen molar-refractivity contribution in [3.05, 3.63) is 35.9 Å². The summed E-state index contributed by atoms with van der Waals surface area (Å²) in [6, 6.07) is 10.5. The van der Waals surface area contributed by atoms with E-state index in [2.05, 4.69) is 63.0 Å². The van der Waals surface area contributed by atoms with Crippen LogP contribution in [0.2, 0.25) is 18.1 Å². The minimum atomic E-state index is -1.84. The topological polar surface area (TPSA) is 32.7 Å². The van der Waals surface area contributed by atoms with Crippen molar-refractivity contribution in [1.82, 2.24) is 4.90 Å². The Morgan fingerprint density at radius 2 is 1.67 bits per heavy atom. The molecule has 1 aliphatic rings. The smallest absolute Gasteiger partial charge is 0.192 e. The maximum Gasteiger partial charge on any atom is 0.192 e. The number of aliphatic hydroxyl groups excluding tert-OH is 1. The van der Waals surface area contributed by atoms with Gasteiger partial charge in [-0.05, 0) is 49.6 Å². The van der Waals surface area contributed by atoms with Gasteiger partial charge in [0.25, 0.3) is 0 Å². The minimum absolute atomic E-state index is 0.0382. The number of benzene rings is 1. The molecule has 1 aliphatic heterocycles. The van der Waals surface area contributed by atoms with E-state index in [0.717, 1.165) is 13.1 Å². The second-order valence-electron chi connectivity index (χ2n) is 8.59. The van der Waals surface area contributed by atoms with Crippen LogP contribution in [0, 0.1) is 0 Å². The number of likely N-dealkylation sites (tertiary alicyclic amines) is 1. The SMILES string of the molecule is CC(C)(C)[Si](C)(C)OC[C@@H](O)[C@@H](c1ccccc1)N1CCCCC1.